The molecular formula is C16H27N3O2. The van der Waals surface area contributed by atoms with E-state index in [0.29, 0.717) is 23.4 Å². The molecule has 0 spiro atoms. The molecule has 1 heterocycles. The molecule has 0 aliphatic heterocycles. The Kier molecular flexibility index (Phi) is 4.42. The second-order valence-electron chi connectivity index (χ2n) is 7.45. The molecule has 1 aliphatic carbocycles. The van der Waals surface area contributed by atoms with E-state index in [1.165, 1.54) is 6.20 Å². The molecule has 1 saturated carbocycles. The fourth-order valence-corrected chi connectivity index (χ4v) is 3.08. The summed E-state index contributed by atoms with van der Waals surface area (Å²) in [7, 11) is 1.78. The van der Waals surface area contributed by atoms with Crippen molar-refractivity contribution in [3.8, 4) is 0 Å². The van der Waals surface area contributed by atoms with E-state index in [1.54, 1.807) is 17.9 Å². The molecule has 0 atom stereocenters. The Morgan fingerprint density at radius 2 is 2.10 bits per heavy atom. The minimum Gasteiger partial charge on any atom is -0.388 e. The van der Waals surface area contributed by atoms with E-state index in [1.807, 2.05) is 0 Å². The van der Waals surface area contributed by atoms with Gasteiger partial charge in [-0.25, -0.2) is 0 Å². The standard InChI is InChI=1S/C16H27N3O2/c1-15(2,3)13-5-7-16(21,8-6-13)11-17-14(20)12-9-18-19(4)10-12/h9-10,13,21H,5-8,11H2,1-4H3,(H,17,20). The number of carbonyl (C=O) groups is 1. The van der Waals surface area contributed by atoms with Crippen molar-refractivity contribution < 1.29 is 9.90 Å². The summed E-state index contributed by atoms with van der Waals surface area (Å²) < 4.78 is 1.60. The number of aliphatic hydroxyl groups is 1. The van der Waals surface area contributed by atoms with Gasteiger partial charge in [-0.3, -0.25) is 9.48 Å². The van der Waals surface area contributed by atoms with Crippen LogP contribution in [-0.4, -0.2) is 32.9 Å². The van der Waals surface area contributed by atoms with Crippen LogP contribution in [0.3, 0.4) is 0 Å². The average molecular weight is 293 g/mol. The predicted molar refractivity (Wildman–Crippen MR) is 81.9 cm³/mol. The number of aryl methyl sites for hydroxylation is 1. The molecule has 1 aliphatic rings. The van der Waals surface area contributed by atoms with Gasteiger partial charge in [-0.2, -0.15) is 5.10 Å². The highest BCUT2D eigenvalue weighted by Gasteiger charge is 2.37. The third-order valence-electron chi connectivity index (χ3n) is 4.69. The van der Waals surface area contributed by atoms with E-state index in [-0.39, 0.29) is 5.91 Å². The molecule has 2 N–H and O–H groups in total. The Bertz CT molecular complexity index is 494. The van der Waals surface area contributed by atoms with E-state index < -0.39 is 5.60 Å². The Morgan fingerprint density at radius 1 is 1.48 bits per heavy atom. The summed E-state index contributed by atoms with van der Waals surface area (Å²) in [6.07, 6.45) is 6.75. The number of nitrogens with zero attached hydrogens (tertiary/aromatic N) is 2. The molecule has 5 nitrogen and oxygen atoms in total. The number of amides is 1. The molecule has 0 unspecified atom stereocenters. The average Bonchev–Trinajstić information content (AvgIpc) is 2.82. The maximum absolute atomic E-state index is 12.0. The summed E-state index contributed by atoms with van der Waals surface area (Å²) in [5, 5.41) is 17.4. The highest BCUT2D eigenvalue weighted by molar-refractivity contribution is 5.93. The van der Waals surface area contributed by atoms with Gasteiger partial charge < -0.3 is 10.4 Å². The molecule has 0 aromatic carbocycles. The third-order valence-corrected chi connectivity index (χ3v) is 4.69. The van der Waals surface area contributed by atoms with Crippen molar-refractivity contribution in [1.82, 2.24) is 15.1 Å². The summed E-state index contributed by atoms with van der Waals surface area (Å²) in [5.41, 5.74) is 0.0596. The lowest BCUT2D eigenvalue weighted by atomic mass is 9.68. The first-order valence-electron chi connectivity index (χ1n) is 7.69. The zero-order chi connectivity index (χ0) is 15.7. The lowest BCUT2D eigenvalue weighted by Crippen LogP contribution is -2.46. The fraction of sp³-hybridized carbons (Fsp3) is 0.750. The van der Waals surface area contributed by atoms with Crippen molar-refractivity contribution in [1.29, 1.82) is 0 Å². The molecule has 0 radical (unpaired) electrons. The number of nitrogens with one attached hydrogen (secondary N) is 1. The number of carbonyl (C=O) groups excluding carboxylic acids is 1. The summed E-state index contributed by atoms with van der Waals surface area (Å²) in [6.45, 7) is 7.09. The zero-order valence-electron chi connectivity index (χ0n) is 13.5. The van der Waals surface area contributed by atoms with Crippen molar-refractivity contribution >= 4 is 5.91 Å². The first kappa shape index (κ1) is 16.0. The summed E-state index contributed by atoms with van der Waals surface area (Å²) in [4.78, 5) is 12.0. The van der Waals surface area contributed by atoms with E-state index in [0.717, 1.165) is 25.7 Å². The highest BCUT2D eigenvalue weighted by Crippen LogP contribution is 2.41. The number of hydrogen-bond donors (Lipinski definition) is 2. The molecule has 118 valence electrons. The van der Waals surface area contributed by atoms with E-state index >= 15 is 0 Å². The molecular weight excluding hydrogens is 266 g/mol. The van der Waals surface area contributed by atoms with E-state index in [9.17, 15) is 9.90 Å². The van der Waals surface area contributed by atoms with Crippen molar-refractivity contribution in [3.05, 3.63) is 18.0 Å². The van der Waals surface area contributed by atoms with E-state index in [4.69, 9.17) is 0 Å². The molecule has 1 aromatic heterocycles. The molecule has 5 heteroatoms. The lowest BCUT2D eigenvalue weighted by Gasteiger charge is -2.41. The predicted octanol–water partition coefficient (Wildman–Crippen LogP) is 2.12. The molecule has 1 aromatic rings. The zero-order valence-corrected chi connectivity index (χ0v) is 13.5. The minimum atomic E-state index is -0.764. The summed E-state index contributed by atoms with van der Waals surface area (Å²) >= 11 is 0. The van der Waals surface area contributed by atoms with Crippen LogP contribution in [-0.2, 0) is 7.05 Å². The third kappa shape index (κ3) is 4.06. The SMILES string of the molecule is Cn1cc(C(=O)NCC2(O)CCC(C(C)(C)C)CC2)cn1. The monoisotopic (exact) mass is 293 g/mol. The topological polar surface area (TPSA) is 67.2 Å². The Labute approximate surface area is 126 Å². The Morgan fingerprint density at radius 3 is 2.57 bits per heavy atom. The van der Waals surface area contributed by atoms with Gasteiger partial charge in [-0.15, -0.1) is 0 Å². The van der Waals surface area contributed by atoms with E-state index in [2.05, 4.69) is 31.2 Å². The van der Waals surface area contributed by atoms with Crippen LogP contribution >= 0.6 is 0 Å². The Balaban J connectivity index is 1.85. The smallest absolute Gasteiger partial charge is 0.254 e. The van der Waals surface area contributed by atoms with Gasteiger partial charge >= 0.3 is 0 Å². The van der Waals surface area contributed by atoms with Crippen LogP contribution in [0, 0.1) is 11.3 Å². The van der Waals surface area contributed by atoms with Crippen LogP contribution in [0.4, 0.5) is 0 Å². The number of hydrogen-bond acceptors (Lipinski definition) is 3. The second kappa shape index (κ2) is 5.79. The van der Waals surface area contributed by atoms with Gasteiger partial charge in [-0.05, 0) is 37.0 Å². The van der Waals surface area contributed by atoms with Gasteiger partial charge in [0.05, 0.1) is 17.4 Å². The molecule has 21 heavy (non-hydrogen) atoms. The fourth-order valence-electron chi connectivity index (χ4n) is 3.08. The maximum Gasteiger partial charge on any atom is 0.254 e. The molecule has 0 bridgehead atoms. The van der Waals surface area contributed by atoms with Crippen LogP contribution in [0.1, 0.15) is 56.8 Å². The number of aromatic nitrogens is 2. The van der Waals surface area contributed by atoms with Gasteiger partial charge in [0.25, 0.3) is 5.91 Å². The second-order valence-corrected chi connectivity index (χ2v) is 7.45. The van der Waals surface area contributed by atoms with Crippen LogP contribution in [0.5, 0.6) is 0 Å². The summed E-state index contributed by atoms with van der Waals surface area (Å²) in [5.74, 6) is 0.473. The van der Waals surface area contributed by atoms with Gasteiger partial charge in [0.1, 0.15) is 0 Å². The minimum absolute atomic E-state index is 0.172. The first-order chi connectivity index (χ1) is 9.70. The van der Waals surface area contributed by atoms with Gasteiger partial charge in [0.15, 0.2) is 0 Å². The van der Waals surface area contributed by atoms with Crippen molar-refractivity contribution in [2.45, 2.75) is 52.1 Å². The highest BCUT2D eigenvalue weighted by atomic mass is 16.3. The molecule has 2 rings (SSSR count). The lowest BCUT2D eigenvalue weighted by molar-refractivity contribution is -0.0228. The summed E-state index contributed by atoms with van der Waals surface area (Å²) in [6, 6.07) is 0. The largest absolute Gasteiger partial charge is 0.388 e. The van der Waals surface area contributed by atoms with Gasteiger partial charge in [-0.1, -0.05) is 20.8 Å². The maximum atomic E-state index is 12.0. The van der Waals surface area contributed by atoms with Gasteiger partial charge in [0.2, 0.25) is 0 Å². The van der Waals surface area contributed by atoms with Crippen LogP contribution in [0.25, 0.3) is 0 Å². The Hall–Kier alpha value is -1.36. The molecule has 1 fully saturated rings. The number of rotatable bonds is 3. The quantitative estimate of drug-likeness (QED) is 0.897. The van der Waals surface area contributed by atoms with Crippen molar-refractivity contribution in [2.75, 3.05) is 6.54 Å². The van der Waals surface area contributed by atoms with Gasteiger partial charge in [0, 0.05) is 19.8 Å². The van der Waals surface area contributed by atoms with Crippen molar-refractivity contribution in [2.24, 2.45) is 18.4 Å². The van der Waals surface area contributed by atoms with Crippen LogP contribution in [0.2, 0.25) is 0 Å². The van der Waals surface area contributed by atoms with Crippen LogP contribution < -0.4 is 5.32 Å². The first-order valence-corrected chi connectivity index (χ1v) is 7.69. The molecule has 0 saturated heterocycles. The molecule has 1 amide bonds. The van der Waals surface area contributed by atoms with Crippen molar-refractivity contribution in [3.63, 3.8) is 0 Å². The van der Waals surface area contributed by atoms with Crippen LogP contribution in [0.15, 0.2) is 12.4 Å². The normalized spacial score (nSPS) is 26.6.